The molecule has 2 heterocycles. The highest BCUT2D eigenvalue weighted by atomic mass is 32.2. The first-order valence-electron chi connectivity index (χ1n) is 8.42. The molecule has 0 saturated carbocycles. The summed E-state index contributed by atoms with van der Waals surface area (Å²) in [6.07, 6.45) is 3.39. The maximum atomic E-state index is 12.6. The van der Waals surface area contributed by atoms with Gasteiger partial charge >= 0.3 is 0 Å². The fourth-order valence-electron chi connectivity index (χ4n) is 2.80. The number of amides is 1. The molecule has 26 heavy (non-hydrogen) atoms. The second kappa shape index (κ2) is 7.79. The van der Waals surface area contributed by atoms with Crippen LogP contribution < -0.4 is 9.62 Å². The molecule has 2 aromatic rings. The van der Waals surface area contributed by atoms with E-state index in [9.17, 15) is 13.2 Å². The van der Waals surface area contributed by atoms with Crippen molar-refractivity contribution in [2.45, 2.75) is 11.8 Å². The number of hydrogen-bond donors (Lipinski definition) is 1. The summed E-state index contributed by atoms with van der Waals surface area (Å²) >= 11 is 0. The molecular formula is C17H21N5O3S. The van der Waals surface area contributed by atoms with Crippen molar-refractivity contribution in [3.63, 3.8) is 0 Å². The lowest BCUT2D eigenvalue weighted by molar-refractivity contribution is 0.0746. The molecular weight excluding hydrogens is 354 g/mol. The van der Waals surface area contributed by atoms with Gasteiger partial charge in [-0.15, -0.1) is 0 Å². The highest BCUT2D eigenvalue weighted by Crippen LogP contribution is 2.15. The Balaban J connectivity index is 1.64. The predicted octanol–water partition coefficient (Wildman–Crippen LogP) is 0.737. The molecule has 0 spiro atoms. The highest BCUT2D eigenvalue weighted by Gasteiger charge is 2.23. The van der Waals surface area contributed by atoms with Crippen LogP contribution in [0, 0.1) is 0 Å². The van der Waals surface area contributed by atoms with E-state index in [-0.39, 0.29) is 10.8 Å². The predicted molar refractivity (Wildman–Crippen MR) is 97.5 cm³/mol. The average Bonchev–Trinajstić information content (AvgIpc) is 2.68. The monoisotopic (exact) mass is 375 g/mol. The second-order valence-corrected chi connectivity index (χ2v) is 7.62. The first-order chi connectivity index (χ1) is 12.5. The van der Waals surface area contributed by atoms with Crippen LogP contribution in [-0.4, -0.2) is 61.9 Å². The molecule has 1 N–H and O–H groups in total. The van der Waals surface area contributed by atoms with Crippen molar-refractivity contribution in [3.05, 3.63) is 48.3 Å². The minimum atomic E-state index is -3.51. The summed E-state index contributed by atoms with van der Waals surface area (Å²) < 4.78 is 26.4. The summed E-state index contributed by atoms with van der Waals surface area (Å²) in [7, 11) is -3.51. The van der Waals surface area contributed by atoms with E-state index in [1.807, 2.05) is 4.90 Å². The van der Waals surface area contributed by atoms with Gasteiger partial charge in [-0.2, -0.15) is 0 Å². The minimum absolute atomic E-state index is 0.106. The lowest BCUT2D eigenvalue weighted by atomic mass is 10.2. The van der Waals surface area contributed by atoms with E-state index in [0.717, 1.165) is 0 Å². The van der Waals surface area contributed by atoms with Crippen LogP contribution in [0.4, 0.5) is 5.95 Å². The number of carbonyl (C=O) groups is 1. The number of hydrogen-bond acceptors (Lipinski definition) is 6. The summed E-state index contributed by atoms with van der Waals surface area (Å²) in [5.41, 5.74) is 0.477. The Bertz CT molecular complexity index is 848. The standard InChI is InChI=1S/C17H21N5O3S/c1-2-20-26(24,25)15-6-4-14(5-7-15)16(23)21-10-12-22(13-11-21)17-18-8-3-9-19-17/h3-9,20H,2,10-13H2,1H3. The van der Waals surface area contributed by atoms with Crippen LogP contribution in [0.2, 0.25) is 0 Å². The van der Waals surface area contributed by atoms with Crippen LogP contribution in [0.1, 0.15) is 17.3 Å². The van der Waals surface area contributed by atoms with E-state index in [0.29, 0.717) is 44.2 Å². The highest BCUT2D eigenvalue weighted by molar-refractivity contribution is 7.89. The Morgan fingerprint density at radius 2 is 1.69 bits per heavy atom. The number of nitrogens with zero attached hydrogens (tertiary/aromatic N) is 4. The van der Waals surface area contributed by atoms with Crippen LogP contribution in [0.25, 0.3) is 0 Å². The third kappa shape index (κ3) is 4.00. The molecule has 3 rings (SSSR count). The number of sulfonamides is 1. The maximum absolute atomic E-state index is 12.6. The van der Waals surface area contributed by atoms with Crippen LogP contribution in [0.3, 0.4) is 0 Å². The number of piperazine rings is 1. The molecule has 138 valence electrons. The molecule has 1 aliphatic heterocycles. The first-order valence-corrected chi connectivity index (χ1v) is 9.90. The SMILES string of the molecule is CCNS(=O)(=O)c1ccc(C(=O)N2CCN(c3ncccn3)CC2)cc1. The van der Waals surface area contributed by atoms with Gasteiger partial charge in [0.15, 0.2) is 0 Å². The van der Waals surface area contributed by atoms with E-state index in [2.05, 4.69) is 14.7 Å². The van der Waals surface area contributed by atoms with Gasteiger partial charge < -0.3 is 9.80 Å². The Kier molecular flexibility index (Phi) is 5.48. The van der Waals surface area contributed by atoms with Crippen LogP contribution in [-0.2, 0) is 10.0 Å². The third-order valence-electron chi connectivity index (χ3n) is 4.15. The molecule has 0 bridgehead atoms. The normalized spacial score (nSPS) is 15.1. The van der Waals surface area contributed by atoms with E-state index in [1.165, 1.54) is 12.1 Å². The van der Waals surface area contributed by atoms with Crippen molar-refractivity contribution in [2.24, 2.45) is 0 Å². The van der Waals surface area contributed by atoms with Gasteiger partial charge in [0, 0.05) is 50.7 Å². The van der Waals surface area contributed by atoms with E-state index in [1.54, 1.807) is 42.4 Å². The number of carbonyl (C=O) groups excluding carboxylic acids is 1. The summed E-state index contributed by atoms with van der Waals surface area (Å²) in [4.78, 5) is 25.0. The van der Waals surface area contributed by atoms with Crippen LogP contribution in [0.5, 0.6) is 0 Å². The van der Waals surface area contributed by atoms with Gasteiger partial charge in [-0.1, -0.05) is 6.92 Å². The minimum Gasteiger partial charge on any atom is -0.337 e. The Morgan fingerprint density at radius 3 is 2.27 bits per heavy atom. The average molecular weight is 375 g/mol. The van der Waals surface area contributed by atoms with Gasteiger partial charge in [-0.3, -0.25) is 4.79 Å². The van der Waals surface area contributed by atoms with Crippen molar-refractivity contribution in [1.29, 1.82) is 0 Å². The first kappa shape index (κ1) is 18.3. The van der Waals surface area contributed by atoms with Gasteiger partial charge in [0.05, 0.1) is 4.90 Å². The summed E-state index contributed by atoms with van der Waals surface area (Å²) in [6.45, 7) is 4.47. The number of rotatable bonds is 5. The number of nitrogens with one attached hydrogen (secondary N) is 1. The lowest BCUT2D eigenvalue weighted by Crippen LogP contribution is -2.49. The van der Waals surface area contributed by atoms with Gasteiger partial charge in [-0.25, -0.2) is 23.1 Å². The van der Waals surface area contributed by atoms with Crippen molar-refractivity contribution < 1.29 is 13.2 Å². The molecule has 1 aromatic heterocycles. The van der Waals surface area contributed by atoms with Gasteiger partial charge in [-0.05, 0) is 30.3 Å². The molecule has 0 unspecified atom stereocenters. The van der Waals surface area contributed by atoms with Crippen molar-refractivity contribution in [3.8, 4) is 0 Å². The van der Waals surface area contributed by atoms with E-state index >= 15 is 0 Å². The lowest BCUT2D eigenvalue weighted by Gasteiger charge is -2.34. The number of anilines is 1. The van der Waals surface area contributed by atoms with Gasteiger partial charge in [0.2, 0.25) is 16.0 Å². The quantitative estimate of drug-likeness (QED) is 0.828. The third-order valence-corrected chi connectivity index (χ3v) is 5.71. The molecule has 0 atom stereocenters. The van der Waals surface area contributed by atoms with Gasteiger partial charge in [0.1, 0.15) is 0 Å². The summed E-state index contributed by atoms with van der Waals surface area (Å²) in [6, 6.07) is 7.79. The number of benzene rings is 1. The summed E-state index contributed by atoms with van der Waals surface area (Å²) in [5, 5.41) is 0. The van der Waals surface area contributed by atoms with E-state index < -0.39 is 10.0 Å². The molecule has 1 saturated heterocycles. The Labute approximate surface area is 152 Å². The molecule has 1 fully saturated rings. The molecule has 0 radical (unpaired) electrons. The fraction of sp³-hybridized carbons (Fsp3) is 0.353. The summed E-state index contributed by atoms with van der Waals surface area (Å²) in [5.74, 6) is 0.559. The van der Waals surface area contributed by atoms with Crippen LogP contribution in [0.15, 0.2) is 47.6 Å². The smallest absolute Gasteiger partial charge is 0.253 e. The molecule has 1 aromatic carbocycles. The topological polar surface area (TPSA) is 95.5 Å². The number of aromatic nitrogens is 2. The Morgan fingerprint density at radius 1 is 1.08 bits per heavy atom. The van der Waals surface area contributed by atoms with Gasteiger partial charge in [0.25, 0.3) is 5.91 Å². The molecule has 1 aliphatic rings. The zero-order chi connectivity index (χ0) is 18.6. The molecule has 9 heteroatoms. The molecule has 0 aliphatic carbocycles. The zero-order valence-corrected chi connectivity index (χ0v) is 15.3. The van der Waals surface area contributed by atoms with Crippen molar-refractivity contribution in [1.82, 2.24) is 19.6 Å². The van der Waals surface area contributed by atoms with Crippen molar-refractivity contribution >= 4 is 21.9 Å². The van der Waals surface area contributed by atoms with Crippen LogP contribution >= 0.6 is 0 Å². The second-order valence-electron chi connectivity index (χ2n) is 5.85. The zero-order valence-electron chi connectivity index (χ0n) is 14.5. The van der Waals surface area contributed by atoms with Crippen molar-refractivity contribution in [2.75, 3.05) is 37.6 Å². The maximum Gasteiger partial charge on any atom is 0.253 e. The molecule has 8 nitrogen and oxygen atoms in total. The fourth-order valence-corrected chi connectivity index (χ4v) is 3.84. The Hall–Kier alpha value is -2.52. The largest absolute Gasteiger partial charge is 0.337 e. The van der Waals surface area contributed by atoms with E-state index in [4.69, 9.17) is 0 Å². The molecule has 1 amide bonds.